The fourth-order valence-electron chi connectivity index (χ4n) is 2.20. The van der Waals surface area contributed by atoms with E-state index in [4.69, 9.17) is 0 Å². The van der Waals surface area contributed by atoms with Crippen LogP contribution in [0, 0.1) is 6.92 Å². The van der Waals surface area contributed by atoms with Crippen molar-refractivity contribution in [2.24, 2.45) is 0 Å². The summed E-state index contributed by atoms with van der Waals surface area (Å²) in [5.74, 6) is 0. The molecule has 4 nitrogen and oxygen atoms in total. The summed E-state index contributed by atoms with van der Waals surface area (Å²) >= 11 is 3.41. The molecule has 1 aromatic heterocycles. The van der Waals surface area contributed by atoms with Crippen LogP contribution in [0.1, 0.15) is 5.56 Å². The molecule has 0 bridgehead atoms. The lowest BCUT2D eigenvalue weighted by atomic mass is 10.1. The molecule has 0 atom stereocenters. The van der Waals surface area contributed by atoms with Crippen LogP contribution in [-0.4, -0.2) is 9.55 Å². The summed E-state index contributed by atoms with van der Waals surface area (Å²) in [6.45, 7) is 1.92. The molecule has 0 aliphatic carbocycles. The highest BCUT2D eigenvalue weighted by Gasteiger charge is 2.10. The molecule has 1 heterocycles. The minimum Gasteiger partial charge on any atom is -0.273 e. The molecular weight excluding hydrogens is 320 g/mol. The van der Waals surface area contributed by atoms with E-state index >= 15 is 0 Å². The van der Waals surface area contributed by atoms with Crippen LogP contribution in [-0.2, 0) is 0 Å². The number of nitrogens with one attached hydrogen (secondary N) is 1. The molecule has 5 heteroatoms. The molecule has 0 amide bonds. The summed E-state index contributed by atoms with van der Waals surface area (Å²) < 4.78 is 2.35. The van der Waals surface area contributed by atoms with Crippen molar-refractivity contribution in [2.45, 2.75) is 6.92 Å². The van der Waals surface area contributed by atoms with Crippen LogP contribution in [0.25, 0.3) is 16.6 Å². The molecule has 0 fully saturated rings. The number of halogens is 1. The largest absolute Gasteiger partial charge is 0.333 e. The SMILES string of the molecule is Cc1cc2c(cc1Br)c(=O)[nH]c(=O)n2-c1ccccc1. The highest BCUT2D eigenvalue weighted by molar-refractivity contribution is 9.10. The molecule has 0 unspecified atom stereocenters. The Kier molecular flexibility index (Phi) is 3.06. The summed E-state index contributed by atoms with van der Waals surface area (Å²) in [5.41, 5.74) is 1.48. The van der Waals surface area contributed by atoms with Gasteiger partial charge in [0, 0.05) is 4.47 Å². The van der Waals surface area contributed by atoms with Crippen LogP contribution in [0.5, 0.6) is 0 Å². The number of benzene rings is 2. The average molecular weight is 331 g/mol. The number of aromatic nitrogens is 2. The van der Waals surface area contributed by atoms with E-state index in [1.54, 1.807) is 6.07 Å². The third-order valence-corrected chi connectivity index (χ3v) is 4.05. The Bertz CT molecular complexity index is 911. The predicted molar refractivity (Wildman–Crippen MR) is 82.6 cm³/mol. The van der Waals surface area contributed by atoms with Crippen LogP contribution in [0.3, 0.4) is 0 Å². The lowest BCUT2D eigenvalue weighted by molar-refractivity contribution is 0.942. The quantitative estimate of drug-likeness (QED) is 0.745. The van der Waals surface area contributed by atoms with Crippen LogP contribution in [0.15, 0.2) is 56.5 Å². The van der Waals surface area contributed by atoms with Crippen molar-refractivity contribution in [1.29, 1.82) is 0 Å². The zero-order chi connectivity index (χ0) is 14.3. The average Bonchev–Trinajstić information content (AvgIpc) is 2.42. The number of aryl methyl sites for hydroxylation is 1. The molecule has 0 radical (unpaired) electrons. The van der Waals surface area contributed by atoms with Gasteiger partial charge in [-0.2, -0.15) is 0 Å². The molecule has 0 aliphatic rings. The first-order valence-corrected chi connectivity index (χ1v) is 6.88. The first-order chi connectivity index (χ1) is 9.58. The summed E-state index contributed by atoms with van der Waals surface area (Å²) in [6.07, 6.45) is 0. The molecule has 2 aromatic carbocycles. The summed E-state index contributed by atoms with van der Waals surface area (Å²) in [7, 11) is 0. The van der Waals surface area contributed by atoms with Gasteiger partial charge in [-0.25, -0.2) is 4.79 Å². The second kappa shape index (κ2) is 4.76. The number of nitrogens with zero attached hydrogens (tertiary/aromatic N) is 1. The van der Waals surface area contributed by atoms with E-state index in [-0.39, 0.29) is 5.56 Å². The second-order valence-electron chi connectivity index (χ2n) is 4.55. The smallest absolute Gasteiger partial charge is 0.273 e. The molecule has 0 saturated carbocycles. The Morgan fingerprint density at radius 1 is 1.10 bits per heavy atom. The first-order valence-electron chi connectivity index (χ1n) is 6.08. The number of hydrogen-bond donors (Lipinski definition) is 1. The number of rotatable bonds is 1. The van der Waals surface area contributed by atoms with Crippen molar-refractivity contribution < 1.29 is 0 Å². The second-order valence-corrected chi connectivity index (χ2v) is 5.40. The topological polar surface area (TPSA) is 54.9 Å². The monoisotopic (exact) mass is 330 g/mol. The van der Waals surface area contributed by atoms with Gasteiger partial charge in [0.15, 0.2) is 0 Å². The van der Waals surface area contributed by atoms with Crippen LogP contribution in [0.4, 0.5) is 0 Å². The Morgan fingerprint density at radius 2 is 1.80 bits per heavy atom. The van der Waals surface area contributed by atoms with Gasteiger partial charge in [0.05, 0.1) is 16.6 Å². The van der Waals surface area contributed by atoms with Crippen molar-refractivity contribution in [3.05, 3.63) is 73.3 Å². The summed E-state index contributed by atoms with van der Waals surface area (Å²) in [4.78, 5) is 26.5. The molecule has 1 N–H and O–H groups in total. The Balaban J connectivity index is 2.52. The zero-order valence-corrected chi connectivity index (χ0v) is 12.3. The van der Waals surface area contributed by atoms with Crippen molar-refractivity contribution in [2.75, 3.05) is 0 Å². The predicted octanol–water partition coefficient (Wildman–Crippen LogP) is 2.75. The van der Waals surface area contributed by atoms with Gasteiger partial charge in [-0.15, -0.1) is 0 Å². The third kappa shape index (κ3) is 2.00. The van der Waals surface area contributed by atoms with Crippen molar-refractivity contribution in [1.82, 2.24) is 9.55 Å². The lowest BCUT2D eigenvalue weighted by Gasteiger charge is -2.10. The maximum absolute atomic E-state index is 12.1. The van der Waals surface area contributed by atoms with Crippen molar-refractivity contribution in [3.63, 3.8) is 0 Å². The molecule has 0 saturated heterocycles. The maximum Gasteiger partial charge on any atom is 0.333 e. The highest BCUT2D eigenvalue weighted by Crippen LogP contribution is 2.22. The van der Waals surface area contributed by atoms with Gasteiger partial charge in [-0.05, 0) is 36.8 Å². The minimum atomic E-state index is -0.435. The van der Waals surface area contributed by atoms with E-state index in [1.165, 1.54) is 4.57 Å². The fraction of sp³-hybridized carbons (Fsp3) is 0.0667. The number of fused-ring (bicyclic) bond motifs is 1. The molecule has 20 heavy (non-hydrogen) atoms. The molecule has 3 aromatic rings. The number of para-hydroxylation sites is 1. The van der Waals surface area contributed by atoms with E-state index in [2.05, 4.69) is 20.9 Å². The van der Waals surface area contributed by atoms with E-state index in [9.17, 15) is 9.59 Å². The van der Waals surface area contributed by atoms with Gasteiger partial charge >= 0.3 is 5.69 Å². The van der Waals surface area contributed by atoms with Gasteiger partial charge in [0.2, 0.25) is 0 Å². The van der Waals surface area contributed by atoms with Gasteiger partial charge in [-0.3, -0.25) is 14.3 Å². The minimum absolute atomic E-state index is 0.377. The van der Waals surface area contributed by atoms with Crippen LogP contribution in [0.2, 0.25) is 0 Å². The van der Waals surface area contributed by atoms with E-state index < -0.39 is 5.69 Å². The summed E-state index contributed by atoms with van der Waals surface area (Å²) in [5, 5.41) is 0.478. The maximum atomic E-state index is 12.1. The number of aromatic amines is 1. The first kappa shape index (κ1) is 12.9. The molecule has 0 spiro atoms. The van der Waals surface area contributed by atoms with Crippen molar-refractivity contribution >= 4 is 26.8 Å². The highest BCUT2D eigenvalue weighted by atomic mass is 79.9. The Labute approximate surface area is 122 Å². The molecule has 100 valence electrons. The van der Waals surface area contributed by atoms with Gasteiger partial charge in [0.25, 0.3) is 5.56 Å². The number of H-pyrrole nitrogens is 1. The number of hydrogen-bond acceptors (Lipinski definition) is 2. The lowest BCUT2D eigenvalue weighted by Crippen LogP contribution is -2.29. The van der Waals surface area contributed by atoms with Crippen LogP contribution >= 0.6 is 15.9 Å². The van der Waals surface area contributed by atoms with E-state index in [1.807, 2.05) is 43.3 Å². The van der Waals surface area contributed by atoms with Gasteiger partial charge in [0.1, 0.15) is 0 Å². The summed E-state index contributed by atoms with van der Waals surface area (Å²) in [6, 6.07) is 12.8. The molecular formula is C15H11BrN2O2. The standard InChI is InChI=1S/C15H11BrN2O2/c1-9-7-13-11(8-12(9)16)14(19)17-15(20)18(13)10-5-3-2-4-6-10/h2-8H,1H3,(H,17,19,20). The molecule has 0 aliphatic heterocycles. The van der Waals surface area contributed by atoms with Gasteiger partial charge in [-0.1, -0.05) is 34.1 Å². The van der Waals surface area contributed by atoms with E-state index in [0.29, 0.717) is 10.9 Å². The Morgan fingerprint density at radius 3 is 2.50 bits per heavy atom. The zero-order valence-electron chi connectivity index (χ0n) is 10.7. The van der Waals surface area contributed by atoms with Gasteiger partial charge < -0.3 is 0 Å². The van der Waals surface area contributed by atoms with E-state index in [0.717, 1.165) is 15.7 Å². The normalized spacial score (nSPS) is 10.9. The Hall–Kier alpha value is -2.14. The van der Waals surface area contributed by atoms with Crippen molar-refractivity contribution in [3.8, 4) is 5.69 Å². The fourth-order valence-corrected chi connectivity index (χ4v) is 2.54. The third-order valence-electron chi connectivity index (χ3n) is 3.20. The molecule has 3 rings (SSSR count). The van der Waals surface area contributed by atoms with Crippen LogP contribution < -0.4 is 11.2 Å².